The van der Waals surface area contributed by atoms with Crippen LogP contribution in [-0.4, -0.2) is 30.2 Å². The fourth-order valence-electron chi connectivity index (χ4n) is 1.28. The van der Waals surface area contributed by atoms with Crippen molar-refractivity contribution in [2.45, 2.75) is 12.5 Å². The summed E-state index contributed by atoms with van der Waals surface area (Å²) in [4.78, 5) is 16.4. The van der Waals surface area contributed by atoms with E-state index in [0.717, 1.165) is 5.69 Å². The molecule has 0 saturated carbocycles. The lowest BCUT2D eigenvalue weighted by molar-refractivity contribution is -0.137. The van der Waals surface area contributed by atoms with Crippen molar-refractivity contribution in [3.05, 3.63) is 23.0 Å². The van der Waals surface area contributed by atoms with E-state index in [4.69, 9.17) is 22.4 Å². The van der Waals surface area contributed by atoms with Crippen molar-refractivity contribution in [1.82, 2.24) is 4.98 Å². The molecule has 16 heavy (non-hydrogen) atoms. The molecule has 1 aromatic rings. The molecule has 0 aliphatic heterocycles. The van der Waals surface area contributed by atoms with E-state index in [9.17, 15) is 4.79 Å². The van der Waals surface area contributed by atoms with Crippen LogP contribution in [0.15, 0.2) is 12.3 Å². The molecule has 88 valence electrons. The van der Waals surface area contributed by atoms with Gasteiger partial charge in [-0.25, -0.2) is 0 Å². The maximum absolute atomic E-state index is 10.5. The van der Waals surface area contributed by atoms with E-state index in [0.29, 0.717) is 10.7 Å². The predicted molar refractivity (Wildman–Crippen MR) is 62.8 cm³/mol. The van der Waals surface area contributed by atoms with Crippen LogP contribution in [0.1, 0.15) is 18.2 Å². The Morgan fingerprint density at radius 1 is 1.69 bits per heavy atom. The summed E-state index contributed by atoms with van der Waals surface area (Å²) in [5, 5.41) is 9.14. The number of carboxylic acid groups (broad SMARTS) is 1. The average molecular weight is 244 g/mol. The number of hydrogen-bond acceptors (Lipinski definition) is 4. The largest absolute Gasteiger partial charge is 0.481 e. The van der Waals surface area contributed by atoms with Gasteiger partial charge >= 0.3 is 5.97 Å². The minimum absolute atomic E-state index is 0.151. The molecule has 0 aliphatic carbocycles. The van der Waals surface area contributed by atoms with Gasteiger partial charge in [0.2, 0.25) is 0 Å². The Morgan fingerprint density at radius 3 is 2.81 bits per heavy atom. The van der Waals surface area contributed by atoms with Crippen LogP contribution in [0, 0.1) is 0 Å². The lowest BCUT2D eigenvalue weighted by Crippen LogP contribution is -2.17. The smallest absolute Gasteiger partial charge is 0.305 e. The van der Waals surface area contributed by atoms with E-state index in [1.165, 1.54) is 6.20 Å². The molecule has 0 saturated heterocycles. The molecule has 3 N–H and O–H groups in total. The second-order valence-corrected chi connectivity index (χ2v) is 4.07. The van der Waals surface area contributed by atoms with Crippen LogP contribution in [0.2, 0.25) is 5.02 Å². The Bertz CT molecular complexity index is 396. The minimum atomic E-state index is -0.948. The highest BCUT2D eigenvalue weighted by Crippen LogP contribution is 2.26. The van der Waals surface area contributed by atoms with Crippen LogP contribution in [0.25, 0.3) is 0 Å². The quantitative estimate of drug-likeness (QED) is 0.833. The van der Waals surface area contributed by atoms with Crippen LogP contribution in [-0.2, 0) is 4.79 Å². The molecule has 1 rings (SSSR count). The zero-order valence-corrected chi connectivity index (χ0v) is 9.90. The first-order chi connectivity index (χ1) is 7.41. The van der Waals surface area contributed by atoms with Gasteiger partial charge in [0, 0.05) is 20.3 Å². The maximum Gasteiger partial charge on any atom is 0.305 e. The number of nitrogens with two attached hydrogens (primary N) is 1. The number of pyridine rings is 1. The van der Waals surface area contributed by atoms with Crippen LogP contribution < -0.4 is 10.6 Å². The molecule has 0 amide bonds. The zero-order valence-electron chi connectivity index (χ0n) is 9.14. The fraction of sp³-hybridized carbons (Fsp3) is 0.400. The maximum atomic E-state index is 10.5. The van der Waals surface area contributed by atoms with E-state index in [1.54, 1.807) is 6.07 Å². The van der Waals surface area contributed by atoms with Crippen molar-refractivity contribution in [2.24, 2.45) is 5.73 Å². The molecular formula is C10H14ClN3O2. The van der Waals surface area contributed by atoms with Gasteiger partial charge in [0.15, 0.2) is 0 Å². The highest BCUT2D eigenvalue weighted by Gasteiger charge is 2.14. The number of rotatable bonds is 4. The van der Waals surface area contributed by atoms with Crippen molar-refractivity contribution >= 4 is 23.3 Å². The van der Waals surface area contributed by atoms with Gasteiger partial charge in [-0.3, -0.25) is 9.78 Å². The number of aliphatic carboxylic acids is 1. The van der Waals surface area contributed by atoms with Crippen LogP contribution in [0.5, 0.6) is 0 Å². The second-order valence-electron chi connectivity index (χ2n) is 3.66. The van der Waals surface area contributed by atoms with E-state index < -0.39 is 12.0 Å². The van der Waals surface area contributed by atoms with E-state index in [-0.39, 0.29) is 6.42 Å². The third-order valence-corrected chi connectivity index (χ3v) is 2.40. The van der Waals surface area contributed by atoms with Gasteiger partial charge in [0.25, 0.3) is 0 Å². The number of aromatic nitrogens is 1. The Morgan fingerprint density at radius 2 is 2.31 bits per heavy atom. The summed E-state index contributed by atoms with van der Waals surface area (Å²) < 4.78 is 0. The van der Waals surface area contributed by atoms with Crippen LogP contribution >= 0.6 is 11.6 Å². The SMILES string of the molecule is CN(C)c1cc(C(N)CC(=O)O)ncc1Cl. The first-order valence-corrected chi connectivity index (χ1v) is 5.09. The molecule has 0 aliphatic rings. The average Bonchev–Trinajstić information content (AvgIpc) is 2.16. The van der Waals surface area contributed by atoms with Gasteiger partial charge < -0.3 is 15.7 Å². The Hall–Kier alpha value is -1.33. The molecule has 1 unspecified atom stereocenters. The van der Waals surface area contributed by atoms with Gasteiger partial charge in [0.1, 0.15) is 0 Å². The third kappa shape index (κ3) is 3.08. The molecule has 5 nitrogen and oxygen atoms in total. The zero-order chi connectivity index (χ0) is 12.3. The summed E-state index contributed by atoms with van der Waals surface area (Å²) >= 11 is 5.94. The predicted octanol–water partition coefficient (Wildman–Crippen LogP) is 1.28. The van der Waals surface area contributed by atoms with Crippen molar-refractivity contribution in [2.75, 3.05) is 19.0 Å². The number of nitrogens with zero attached hydrogens (tertiary/aromatic N) is 2. The molecule has 0 radical (unpaired) electrons. The Kier molecular flexibility index (Phi) is 4.09. The molecule has 1 atom stereocenters. The normalized spacial score (nSPS) is 12.2. The second kappa shape index (κ2) is 5.14. The highest BCUT2D eigenvalue weighted by atomic mass is 35.5. The van der Waals surface area contributed by atoms with Crippen molar-refractivity contribution in [3.8, 4) is 0 Å². The van der Waals surface area contributed by atoms with Gasteiger partial charge in [0.05, 0.1) is 28.9 Å². The minimum Gasteiger partial charge on any atom is -0.481 e. The highest BCUT2D eigenvalue weighted by molar-refractivity contribution is 6.33. The summed E-state index contributed by atoms with van der Waals surface area (Å²) in [5.74, 6) is -0.948. The van der Waals surface area contributed by atoms with E-state index in [1.807, 2.05) is 19.0 Å². The third-order valence-electron chi connectivity index (χ3n) is 2.11. The number of halogens is 1. The van der Waals surface area contributed by atoms with Crippen LogP contribution in [0.4, 0.5) is 5.69 Å². The molecule has 0 aromatic carbocycles. The van der Waals surface area contributed by atoms with Gasteiger partial charge in [-0.05, 0) is 6.07 Å². The molecule has 0 fully saturated rings. The molecule has 6 heteroatoms. The molecule has 1 heterocycles. The first kappa shape index (κ1) is 12.7. The fourth-order valence-corrected chi connectivity index (χ4v) is 1.55. The lowest BCUT2D eigenvalue weighted by atomic mass is 10.1. The summed E-state index contributed by atoms with van der Waals surface area (Å²) in [7, 11) is 3.68. The molecule has 0 bridgehead atoms. The first-order valence-electron chi connectivity index (χ1n) is 4.72. The number of carboxylic acids is 1. The standard InChI is InChI=1S/C10H14ClN3O2/c1-14(2)9-4-8(13-5-6(9)11)7(12)3-10(15)16/h4-5,7H,3,12H2,1-2H3,(H,15,16). The molecule has 1 aromatic heterocycles. The van der Waals surface area contributed by atoms with Crippen molar-refractivity contribution < 1.29 is 9.90 Å². The summed E-state index contributed by atoms with van der Waals surface area (Å²) in [6.07, 6.45) is 1.33. The number of carbonyl (C=O) groups is 1. The van der Waals surface area contributed by atoms with Crippen molar-refractivity contribution in [1.29, 1.82) is 0 Å². The molecule has 0 spiro atoms. The van der Waals surface area contributed by atoms with Crippen LogP contribution in [0.3, 0.4) is 0 Å². The summed E-state index contributed by atoms with van der Waals surface area (Å²) in [6, 6.07) is 1.09. The van der Waals surface area contributed by atoms with E-state index >= 15 is 0 Å². The topological polar surface area (TPSA) is 79.5 Å². The monoisotopic (exact) mass is 243 g/mol. The molecular weight excluding hydrogens is 230 g/mol. The van der Waals surface area contributed by atoms with Gasteiger partial charge in [-0.1, -0.05) is 11.6 Å². The number of anilines is 1. The number of hydrogen-bond donors (Lipinski definition) is 2. The Labute approximate surface area is 98.8 Å². The Balaban J connectivity index is 2.98. The van der Waals surface area contributed by atoms with Gasteiger partial charge in [-0.15, -0.1) is 0 Å². The summed E-state index contributed by atoms with van der Waals surface area (Å²) in [6.45, 7) is 0. The summed E-state index contributed by atoms with van der Waals surface area (Å²) in [5.41, 5.74) is 7.00. The van der Waals surface area contributed by atoms with Gasteiger partial charge in [-0.2, -0.15) is 0 Å². The van der Waals surface area contributed by atoms with Crippen molar-refractivity contribution in [3.63, 3.8) is 0 Å². The van der Waals surface area contributed by atoms with E-state index in [2.05, 4.69) is 4.98 Å². The lowest BCUT2D eigenvalue weighted by Gasteiger charge is -2.16.